The highest BCUT2D eigenvalue weighted by Crippen LogP contribution is 2.37. The summed E-state index contributed by atoms with van der Waals surface area (Å²) in [6.45, 7) is 0.670. The zero-order valence-electron chi connectivity index (χ0n) is 7.60. The number of hydrogen-bond acceptors (Lipinski definition) is 4. The number of ether oxygens (including phenoxy) is 2. The average molecular weight is 217 g/mol. The molecule has 0 saturated carbocycles. The first kappa shape index (κ1) is 11.1. The molecule has 0 fully saturated rings. The molecule has 1 aliphatic rings. The van der Waals surface area contributed by atoms with Crippen LogP contribution in [0.4, 0.5) is 0 Å². The molecule has 1 atom stereocenters. The Labute approximate surface area is 88.6 Å². The minimum absolute atomic E-state index is 0. The molecule has 1 aliphatic heterocycles. The van der Waals surface area contributed by atoms with Crippen molar-refractivity contribution in [3.05, 3.63) is 23.8 Å². The van der Waals surface area contributed by atoms with E-state index in [2.05, 4.69) is 0 Å². The Kier molecular flexibility index (Phi) is 3.57. The molecule has 1 heterocycles. The van der Waals surface area contributed by atoms with Crippen molar-refractivity contribution in [2.75, 3.05) is 13.3 Å². The number of rotatable bonds is 2. The van der Waals surface area contributed by atoms with Gasteiger partial charge in [0.15, 0.2) is 11.5 Å². The first-order valence-corrected chi connectivity index (χ1v) is 4.17. The molecule has 0 bridgehead atoms. The molecule has 0 unspecified atom stereocenters. The second-order valence-corrected chi connectivity index (χ2v) is 2.92. The highest BCUT2D eigenvalue weighted by molar-refractivity contribution is 5.85. The van der Waals surface area contributed by atoms with E-state index in [1.54, 1.807) is 0 Å². The standard InChI is InChI=1S/C9H12N2O2.ClH/c10-4-7(11)6-2-1-3-8-9(6)13-5-12-8;/h1-3,7H,4-5,10-11H2;1H/t7-;/m1./s1. The molecular formula is C9H13ClN2O2. The van der Waals surface area contributed by atoms with E-state index < -0.39 is 0 Å². The summed E-state index contributed by atoms with van der Waals surface area (Å²) in [6.07, 6.45) is 0. The molecule has 14 heavy (non-hydrogen) atoms. The second-order valence-electron chi connectivity index (χ2n) is 2.92. The highest BCUT2D eigenvalue weighted by atomic mass is 35.5. The van der Waals surface area contributed by atoms with Crippen molar-refractivity contribution >= 4 is 12.4 Å². The van der Waals surface area contributed by atoms with Gasteiger partial charge in [-0.25, -0.2) is 0 Å². The van der Waals surface area contributed by atoms with Crippen LogP contribution in [0.2, 0.25) is 0 Å². The number of halogens is 1. The van der Waals surface area contributed by atoms with Crippen LogP contribution in [0, 0.1) is 0 Å². The van der Waals surface area contributed by atoms with Gasteiger partial charge in [-0.05, 0) is 6.07 Å². The predicted molar refractivity (Wildman–Crippen MR) is 55.8 cm³/mol. The van der Waals surface area contributed by atoms with Crippen molar-refractivity contribution in [2.45, 2.75) is 6.04 Å². The predicted octanol–water partition coefficient (Wildman–Crippen LogP) is 0.796. The van der Waals surface area contributed by atoms with E-state index in [0.29, 0.717) is 6.54 Å². The lowest BCUT2D eigenvalue weighted by Gasteiger charge is -2.11. The molecule has 78 valence electrons. The van der Waals surface area contributed by atoms with E-state index >= 15 is 0 Å². The lowest BCUT2D eigenvalue weighted by atomic mass is 10.1. The van der Waals surface area contributed by atoms with E-state index in [4.69, 9.17) is 20.9 Å². The van der Waals surface area contributed by atoms with Crippen LogP contribution in [0.3, 0.4) is 0 Å². The van der Waals surface area contributed by atoms with Crippen molar-refractivity contribution in [1.29, 1.82) is 0 Å². The molecule has 1 aromatic carbocycles. The van der Waals surface area contributed by atoms with Crippen LogP contribution < -0.4 is 20.9 Å². The van der Waals surface area contributed by atoms with Crippen molar-refractivity contribution < 1.29 is 9.47 Å². The molecule has 5 heteroatoms. The summed E-state index contributed by atoms with van der Waals surface area (Å²) in [7, 11) is 0. The minimum Gasteiger partial charge on any atom is -0.454 e. The van der Waals surface area contributed by atoms with Crippen LogP contribution >= 0.6 is 12.4 Å². The maximum Gasteiger partial charge on any atom is 0.231 e. The fourth-order valence-corrected chi connectivity index (χ4v) is 1.37. The number of fused-ring (bicyclic) bond motifs is 1. The Morgan fingerprint density at radius 1 is 1.36 bits per heavy atom. The Balaban J connectivity index is 0.000000980. The molecule has 4 N–H and O–H groups in total. The average Bonchev–Trinajstić information content (AvgIpc) is 2.63. The molecule has 1 aromatic rings. The van der Waals surface area contributed by atoms with E-state index in [-0.39, 0.29) is 25.2 Å². The van der Waals surface area contributed by atoms with E-state index in [0.717, 1.165) is 17.1 Å². The lowest BCUT2D eigenvalue weighted by Crippen LogP contribution is -2.21. The van der Waals surface area contributed by atoms with Crippen molar-refractivity contribution in [3.8, 4) is 11.5 Å². The summed E-state index contributed by atoms with van der Waals surface area (Å²) < 4.78 is 10.5. The Morgan fingerprint density at radius 2 is 2.14 bits per heavy atom. The van der Waals surface area contributed by atoms with Gasteiger partial charge in [0.2, 0.25) is 6.79 Å². The van der Waals surface area contributed by atoms with E-state index in [1.165, 1.54) is 0 Å². The third-order valence-corrected chi connectivity index (χ3v) is 2.08. The van der Waals surface area contributed by atoms with Crippen LogP contribution in [0.1, 0.15) is 11.6 Å². The van der Waals surface area contributed by atoms with Gasteiger partial charge in [0, 0.05) is 18.2 Å². The molecule has 0 amide bonds. The van der Waals surface area contributed by atoms with Crippen LogP contribution in [0.25, 0.3) is 0 Å². The smallest absolute Gasteiger partial charge is 0.231 e. The summed E-state index contributed by atoms with van der Waals surface area (Å²) in [5, 5.41) is 0. The van der Waals surface area contributed by atoms with E-state index in [1.807, 2.05) is 18.2 Å². The summed E-state index contributed by atoms with van der Waals surface area (Å²) in [4.78, 5) is 0. The summed E-state index contributed by atoms with van der Waals surface area (Å²) in [6, 6.07) is 5.47. The van der Waals surface area contributed by atoms with Crippen molar-refractivity contribution in [1.82, 2.24) is 0 Å². The molecular weight excluding hydrogens is 204 g/mol. The molecule has 4 nitrogen and oxygen atoms in total. The van der Waals surface area contributed by atoms with Crippen molar-refractivity contribution in [3.63, 3.8) is 0 Å². The van der Waals surface area contributed by atoms with Crippen LogP contribution in [0.15, 0.2) is 18.2 Å². The molecule has 0 aromatic heterocycles. The summed E-state index contributed by atoms with van der Waals surface area (Å²) in [5.74, 6) is 1.49. The Bertz CT molecular complexity index is 320. The zero-order valence-corrected chi connectivity index (χ0v) is 8.42. The number of hydrogen-bond donors (Lipinski definition) is 2. The monoisotopic (exact) mass is 216 g/mol. The molecule has 0 spiro atoms. The van der Waals surface area contributed by atoms with Gasteiger partial charge in [0.05, 0.1) is 0 Å². The third-order valence-electron chi connectivity index (χ3n) is 2.08. The Hall–Kier alpha value is -0.970. The topological polar surface area (TPSA) is 70.5 Å². The SMILES string of the molecule is Cl.NC[C@@H](N)c1cccc2c1OCO2. The maximum atomic E-state index is 5.81. The van der Waals surface area contributed by atoms with Gasteiger partial charge in [0.1, 0.15) is 0 Å². The largest absolute Gasteiger partial charge is 0.454 e. The summed E-state index contributed by atoms with van der Waals surface area (Å²) in [5.41, 5.74) is 12.2. The quantitative estimate of drug-likeness (QED) is 0.767. The maximum absolute atomic E-state index is 5.81. The first-order chi connectivity index (χ1) is 6.33. The number of benzene rings is 1. The Morgan fingerprint density at radius 3 is 2.86 bits per heavy atom. The van der Waals surface area contributed by atoms with Crippen LogP contribution in [-0.2, 0) is 0 Å². The van der Waals surface area contributed by atoms with Gasteiger partial charge in [-0.1, -0.05) is 12.1 Å². The van der Waals surface area contributed by atoms with Gasteiger partial charge >= 0.3 is 0 Å². The third kappa shape index (κ3) is 1.77. The lowest BCUT2D eigenvalue weighted by molar-refractivity contribution is 0.173. The molecule has 2 rings (SSSR count). The van der Waals surface area contributed by atoms with Crippen LogP contribution in [0.5, 0.6) is 11.5 Å². The second kappa shape index (κ2) is 4.50. The van der Waals surface area contributed by atoms with Gasteiger partial charge < -0.3 is 20.9 Å². The van der Waals surface area contributed by atoms with E-state index in [9.17, 15) is 0 Å². The molecule has 0 aliphatic carbocycles. The molecule has 0 saturated heterocycles. The normalized spacial score (nSPS) is 14.7. The van der Waals surface area contributed by atoms with Crippen molar-refractivity contribution in [2.24, 2.45) is 11.5 Å². The summed E-state index contributed by atoms with van der Waals surface area (Å²) >= 11 is 0. The highest BCUT2D eigenvalue weighted by Gasteiger charge is 2.19. The minimum atomic E-state index is -0.184. The zero-order chi connectivity index (χ0) is 9.26. The number of para-hydroxylation sites is 1. The fourth-order valence-electron chi connectivity index (χ4n) is 1.37. The van der Waals surface area contributed by atoms with Gasteiger partial charge in [-0.3, -0.25) is 0 Å². The first-order valence-electron chi connectivity index (χ1n) is 4.17. The van der Waals surface area contributed by atoms with Gasteiger partial charge in [0.25, 0.3) is 0 Å². The fraction of sp³-hybridized carbons (Fsp3) is 0.333. The molecule has 0 radical (unpaired) electrons. The van der Waals surface area contributed by atoms with Gasteiger partial charge in [-0.15, -0.1) is 12.4 Å². The number of nitrogens with two attached hydrogens (primary N) is 2. The van der Waals surface area contributed by atoms with Crippen LogP contribution in [-0.4, -0.2) is 13.3 Å². The van der Waals surface area contributed by atoms with Gasteiger partial charge in [-0.2, -0.15) is 0 Å².